The van der Waals surface area contributed by atoms with E-state index in [1.165, 1.54) is 5.56 Å². The summed E-state index contributed by atoms with van der Waals surface area (Å²) in [4.78, 5) is 22.8. The Morgan fingerprint density at radius 1 is 1.04 bits per heavy atom. The summed E-state index contributed by atoms with van der Waals surface area (Å²) in [6.45, 7) is 9.65. The van der Waals surface area contributed by atoms with Crippen LogP contribution in [0.5, 0.6) is 5.75 Å². The average molecular weight is 384 g/mol. The van der Waals surface area contributed by atoms with Gasteiger partial charge in [-0.05, 0) is 68.5 Å². The topological polar surface area (TPSA) is 72.8 Å². The number of carboxylic acids is 1. The molecule has 0 atom stereocenters. The van der Waals surface area contributed by atoms with Gasteiger partial charge < -0.3 is 14.6 Å². The van der Waals surface area contributed by atoms with Crippen molar-refractivity contribution in [1.29, 1.82) is 0 Å². The number of hydrogen-bond donors (Lipinski definition) is 1. The highest BCUT2D eigenvalue weighted by Gasteiger charge is 2.19. The number of carbonyl (C=O) groups is 2. The van der Waals surface area contributed by atoms with Crippen LogP contribution in [-0.4, -0.2) is 31.3 Å². The van der Waals surface area contributed by atoms with E-state index in [9.17, 15) is 9.59 Å². The molecule has 1 N–H and O–H groups in total. The first-order valence-corrected chi connectivity index (χ1v) is 8.84. The van der Waals surface area contributed by atoms with Crippen LogP contribution in [0.3, 0.4) is 0 Å². The molecule has 0 aliphatic rings. The first-order chi connectivity index (χ1) is 13.1. The third-order valence-corrected chi connectivity index (χ3v) is 4.54. The van der Waals surface area contributed by atoms with Gasteiger partial charge in [0.15, 0.2) is 0 Å². The molecule has 0 radical (unpaired) electrons. The van der Waals surface area contributed by atoms with Gasteiger partial charge in [0.2, 0.25) is 0 Å². The van der Waals surface area contributed by atoms with Gasteiger partial charge in [-0.1, -0.05) is 36.0 Å². The molecular formula is C23H28O5. The zero-order valence-electron chi connectivity index (χ0n) is 17.5. The number of hydrogen-bond acceptors (Lipinski definition) is 4. The van der Waals surface area contributed by atoms with Crippen LogP contribution < -0.4 is 4.74 Å². The minimum absolute atomic E-state index is 0.324. The number of carbonyl (C=O) groups excluding carboxylic acids is 1. The smallest absolute Gasteiger partial charge is 0.345 e. The number of carboxylic acid groups (broad SMARTS) is 1. The van der Waals surface area contributed by atoms with Crippen LogP contribution in [0, 0.1) is 20.8 Å². The van der Waals surface area contributed by atoms with Gasteiger partial charge in [0.05, 0.1) is 14.2 Å². The Morgan fingerprint density at radius 2 is 1.68 bits per heavy atom. The molecule has 28 heavy (non-hydrogen) atoms. The second kappa shape index (κ2) is 10.3. The average Bonchev–Trinajstić information content (AvgIpc) is 2.64. The lowest BCUT2D eigenvalue weighted by Gasteiger charge is -2.13. The second-order valence-electron chi connectivity index (χ2n) is 6.52. The molecule has 1 aromatic carbocycles. The fourth-order valence-electron chi connectivity index (χ4n) is 2.75. The molecule has 1 rings (SSSR count). The number of benzene rings is 1. The summed E-state index contributed by atoms with van der Waals surface area (Å²) >= 11 is 0. The van der Waals surface area contributed by atoms with Gasteiger partial charge in [-0.3, -0.25) is 0 Å². The fourth-order valence-corrected chi connectivity index (χ4v) is 2.75. The van der Waals surface area contributed by atoms with Crippen LogP contribution in [0.15, 0.2) is 47.1 Å². The fraction of sp³-hybridized carbons (Fsp3) is 0.304. The molecule has 0 aliphatic carbocycles. The summed E-state index contributed by atoms with van der Waals surface area (Å²) in [7, 11) is 2.82. The van der Waals surface area contributed by atoms with E-state index in [4.69, 9.17) is 9.84 Å². The number of allylic oxidation sites excluding steroid dienone is 6. The van der Waals surface area contributed by atoms with E-state index >= 15 is 0 Å². The highest BCUT2D eigenvalue weighted by Crippen LogP contribution is 2.28. The van der Waals surface area contributed by atoms with Crippen molar-refractivity contribution >= 4 is 18.0 Å². The monoisotopic (exact) mass is 384 g/mol. The number of esters is 1. The first-order valence-electron chi connectivity index (χ1n) is 8.84. The third-order valence-electron chi connectivity index (χ3n) is 4.54. The standard InChI is InChI=1S/C23H28O5/c1-14(9-8-10-15(2)21(22(24)25)23(26)28-7)11-12-19-16(3)13-20(27-6)18(5)17(19)4/h8-13H,1-7H3,(H,24,25)/b10-8+,12-11+,14-9+,21-15-. The van der Waals surface area contributed by atoms with E-state index in [0.717, 1.165) is 35.1 Å². The number of methoxy groups -OCH3 is 2. The zero-order valence-corrected chi connectivity index (χ0v) is 17.5. The minimum Gasteiger partial charge on any atom is -0.496 e. The van der Waals surface area contributed by atoms with E-state index < -0.39 is 11.9 Å². The SMILES string of the molecule is COC(=O)\C(C(=O)O)=C(C)/C=C/C=C(C)/C=C/c1c(C)cc(OC)c(C)c1C. The summed E-state index contributed by atoms with van der Waals surface area (Å²) in [6, 6.07) is 2.02. The molecule has 0 amide bonds. The minimum atomic E-state index is -1.31. The Kier molecular flexibility index (Phi) is 8.45. The molecule has 0 heterocycles. The van der Waals surface area contributed by atoms with E-state index in [1.54, 1.807) is 26.2 Å². The van der Waals surface area contributed by atoms with Crippen LogP contribution in [0.25, 0.3) is 6.08 Å². The summed E-state index contributed by atoms with van der Waals surface area (Å²) in [6.07, 6.45) is 9.17. The predicted molar refractivity (Wildman–Crippen MR) is 111 cm³/mol. The molecule has 0 fully saturated rings. The van der Waals surface area contributed by atoms with Gasteiger partial charge in [0.25, 0.3) is 0 Å². The van der Waals surface area contributed by atoms with E-state index in [1.807, 2.05) is 39.0 Å². The van der Waals surface area contributed by atoms with Crippen molar-refractivity contribution in [3.05, 3.63) is 69.3 Å². The number of rotatable bonds is 7. The maximum Gasteiger partial charge on any atom is 0.345 e. The number of aryl methyl sites for hydroxylation is 1. The van der Waals surface area contributed by atoms with Crippen LogP contribution in [-0.2, 0) is 14.3 Å². The molecule has 5 heteroatoms. The Morgan fingerprint density at radius 3 is 2.21 bits per heavy atom. The van der Waals surface area contributed by atoms with Gasteiger partial charge in [-0.15, -0.1) is 0 Å². The van der Waals surface area contributed by atoms with E-state index in [-0.39, 0.29) is 5.57 Å². The molecule has 0 bridgehead atoms. The molecular weight excluding hydrogens is 356 g/mol. The first kappa shape index (κ1) is 23.0. The predicted octanol–water partition coefficient (Wildman–Crippen LogP) is 4.71. The van der Waals surface area contributed by atoms with Crippen molar-refractivity contribution in [3.8, 4) is 5.75 Å². The molecule has 0 spiro atoms. The number of aliphatic carboxylic acids is 1. The highest BCUT2D eigenvalue weighted by atomic mass is 16.5. The van der Waals surface area contributed by atoms with Crippen molar-refractivity contribution < 1.29 is 24.2 Å². The molecule has 0 aromatic heterocycles. The second-order valence-corrected chi connectivity index (χ2v) is 6.52. The van der Waals surface area contributed by atoms with Gasteiger partial charge in [-0.2, -0.15) is 0 Å². The molecule has 5 nitrogen and oxygen atoms in total. The lowest BCUT2D eigenvalue weighted by Crippen LogP contribution is -2.15. The molecule has 0 saturated heterocycles. The molecule has 150 valence electrons. The maximum atomic E-state index is 11.6. The quantitative estimate of drug-likeness (QED) is 0.242. The lowest BCUT2D eigenvalue weighted by molar-refractivity contribution is -0.142. The summed E-state index contributed by atoms with van der Waals surface area (Å²) in [5.74, 6) is -1.30. The maximum absolute atomic E-state index is 11.6. The van der Waals surface area contributed by atoms with E-state index in [2.05, 4.69) is 17.7 Å². The van der Waals surface area contributed by atoms with Crippen molar-refractivity contribution in [1.82, 2.24) is 0 Å². The van der Waals surface area contributed by atoms with Crippen LogP contribution in [0.2, 0.25) is 0 Å². The highest BCUT2D eigenvalue weighted by molar-refractivity contribution is 6.14. The molecule has 0 unspecified atom stereocenters. The summed E-state index contributed by atoms with van der Waals surface area (Å²) < 4.78 is 9.91. The van der Waals surface area contributed by atoms with Gasteiger partial charge in [0.1, 0.15) is 11.3 Å². The van der Waals surface area contributed by atoms with Crippen molar-refractivity contribution in [2.24, 2.45) is 0 Å². The lowest BCUT2D eigenvalue weighted by atomic mass is 9.96. The Labute approximate surface area is 166 Å². The van der Waals surface area contributed by atoms with Gasteiger partial charge in [-0.25, -0.2) is 9.59 Å². The van der Waals surface area contributed by atoms with Gasteiger partial charge >= 0.3 is 11.9 Å². The Balaban J connectivity index is 3.09. The Bertz CT molecular complexity index is 883. The van der Waals surface area contributed by atoms with E-state index in [0.29, 0.717) is 5.57 Å². The summed E-state index contributed by atoms with van der Waals surface area (Å²) in [5, 5.41) is 9.15. The Hall–Kier alpha value is -3.08. The van der Waals surface area contributed by atoms with Crippen LogP contribution >= 0.6 is 0 Å². The normalized spacial score (nSPS) is 13.0. The van der Waals surface area contributed by atoms with Gasteiger partial charge in [0, 0.05) is 0 Å². The van der Waals surface area contributed by atoms with Crippen molar-refractivity contribution in [2.45, 2.75) is 34.6 Å². The van der Waals surface area contributed by atoms with Crippen molar-refractivity contribution in [2.75, 3.05) is 14.2 Å². The molecule has 0 saturated carbocycles. The summed E-state index contributed by atoms with van der Waals surface area (Å²) in [5.41, 5.74) is 5.47. The van der Waals surface area contributed by atoms with Crippen LogP contribution in [0.4, 0.5) is 0 Å². The van der Waals surface area contributed by atoms with Crippen LogP contribution in [0.1, 0.15) is 36.1 Å². The van der Waals surface area contributed by atoms with Crippen molar-refractivity contribution in [3.63, 3.8) is 0 Å². The third kappa shape index (κ3) is 5.71. The largest absolute Gasteiger partial charge is 0.496 e. The zero-order chi connectivity index (χ0) is 21.4. The number of ether oxygens (including phenoxy) is 2. The molecule has 0 aliphatic heterocycles. The molecule has 1 aromatic rings.